The Kier molecular flexibility index (Phi) is 4.71. The third-order valence-corrected chi connectivity index (χ3v) is 3.77. The van der Waals surface area contributed by atoms with E-state index in [1.54, 1.807) is 0 Å². The summed E-state index contributed by atoms with van der Waals surface area (Å²) in [4.78, 5) is 11.4. The van der Waals surface area contributed by atoms with E-state index in [0.29, 0.717) is 5.95 Å². The molecule has 0 saturated carbocycles. The van der Waals surface area contributed by atoms with Crippen LogP contribution in [-0.4, -0.2) is 20.1 Å². The second-order valence-corrected chi connectivity index (χ2v) is 6.05. The molecular formula is C15H11BrF3N5O. The first-order valence-corrected chi connectivity index (χ1v) is 7.87. The third-order valence-electron chi connectivity index (χ3n) is 3.27. The Hall–Kier alpha value is -2.49. The molecule has 0 spiro atoms. The van der Waals surface area contributed by atoms with Gasteiger partial charge in [-0.1, -0.05) is 33.2 Å². The summed E-state index contributed by atoms with van der Waals surface area (Å²) in [5, 5.41) is 6.40. The predicted molar refractivity (Wildman–Crippen MR) is 86.5 cm³/mol. The van der Waals surface area contributed by atoms with E-state index in [0.717, 1.165) is 10.0 Å². The average Bonchev–Trinajstić information content (AvgIpc) is 3.06. The quantitative estimate of drug-likeness (QED) is 0.679. The molecule has 1 N–H and O–H groups in total. The number of hydrogen-bond acceptors (Lipinski definition) is 6. The second-order valence-electron chi connectivity index (χ2n) is 5.14. The van der Waals surface area contributed by atoms with Gasteiger partial charge in [-0.2, -0.15) is 18.2 Å². The number of aromatic nitrogens is 4. The van der Waals surface area contributed by atoms with Crippen LogP contribution in [0, 0.1) is 0 Å². The van der Waals surface area contributed by atoms with Gasteiger partial charge in [0.2, 0.25) is 11.8 Å². The van der Waals surface area contributed by atoms with E-state index in [1.807, 2.05) is 31.2 Å². The molecule has 0 saturated heterocycles. The fraction of sp³-hybridized carbons (Fsp3) is 0.200. The topological polar surface area (TPSA) is 76.7 Å². The van der Waals surface area contributed by atoms with Gasteiger partial charge >= 0.3 is 12.1 Å². The van der Waals surface area contributed by atoms with Crippen LogP contribution in [0.3, 0.4) is 0 Å². The van der Waals surface area contributed by atoms with Crippen molar-refractivity contribution >= 4 is 21.9 Å². The van der Waals surface area contributed by atoms with Crippen LogP contribution in [-0.2, 0) is 6.18 Å². The highest BCUT2D eigenvalue weighted by atomic mass is 79.9. The Morgan fingerprint density at radius 3 is 2.52 bits per heavy atom. The van der Waals surface area contributed by atoms with Crippen LogP contribution in [0.2, 0.25) is 0 Å². The van der Waals surface area contributed by atoms with Crippen LogP contribution in [0.4, 0.5) is 19.1 Å². The highest BCUT2D eigenvalue weighted by molar-refractivity contribution is 9.10. The molecule has 0 aliphatic carbocycles. The summed E-state index contributed by atoms with van der Waals surface area (Å²) in [6.45, 7) is 1.94. The number of benzene rings is 1. The van der Waals surface area contributed by atoms with Crippen LogP contribution in [0.1, 0.15) is 24.4 Å². The highest BCUT2D eigenvalue weighted by Gasteiger charge is 2.38. The summed E-state index contributed by atoms with van der Waals surface area (Å²) in [7, 11) is 0. The van der Waals surface area contributed by atoms with Crippen LogP contribution in [0.5, 0.6) is 0 Å². The molecule has 6 nitrogen and oxygen atoms in total. The Morgan fingerprint density at radius 2 is 1.92 bits per heavy atom. The molecule has 1 atom stereocenters. The number of nitrogens with zero attached hydrogens (tertiary/aromatic N) is 4. The van der Waals surface area contributed by atoms with E-state index in [4.69, 9.17) is 0 Å². The van der Waals surface area contributed by atoms with E-state index in [-0.39, 0.29) is 17.4 Å². The van der Waals surface area contributed by atoms with E-state index < -0.39 is 12.1 Å². The van der Waals surface area contributed by atoms with Crippen molar-refractivity contribution in [1.82, 2.24) is 20.1 Å². The molecule has 0 bridgehead atoms. The molecule has 0 fully saturated rings. The Balaban J connectivity index is 1.73. The molecule has 3 aromatic rings. The smallest absolute Gasteiger partial charge is 0.348 e. The summed E-state index contributed by atoms with van der Waals surface area (Å²) in [6.07, 6.45) is -2.03. The maximum Gasteiger partial charge on any atom is 0.471 e. The van der Waals surface area contributed by atoms with Gasteiger partial charge in [-0.05, 0) is 24.6 Å². The maximum atomic E-state index is 12.5. The van der Waals surface area contributed by atoms with E-state index in [1.165, 1.54) is 12.4 Å². The standard InChI is InChI=1S/C15H11BrF3N5O/c1-8(9-3-2-4-11(16)5-9)22-14-20-6-10(7-21-14)12-23-13(25-24-12)15(17,18)19/h2-8H,1H3,(H,20,21,22). The Labute approximate surface area is 148 Å². The van der Waals surface area contributed by atoms with Gasteiger partial charge in [0.1, 0.15) is 0 Å². The van der Waals surface area contributed by atoms with Gasteiger partial charge in [0.15, 0.2) is 0 Å². The van der Waals surface area contributed by atoms with Crippen LogP contribution >= 0.6 is 15.9 Å². The van der Waals surface area contributed by atoms with Crippen molar-refractivity contribution in [2.45, 2.75) is 19.1 Å². The molecule has 130 valence electrons. The van der Waals surface area contributed by atoms with Crippen LogP contribution in [0.25, 0.3) is 11.4 Å². The van der Waals surface area contributed by atoms with Crippen molar-refractivity contribution in [1.29, 1.82) is 0 Å². The molecule has 1 aromatic carbocycles. The third kappa shape index (κ3) is 4.13. The zero-order valence-electron chi connectivity index (χ0n) is 12.8. The van der Waals surface area contributed by atoms with E-state index >= 15 is 0 Å². The average molecular weight is 414 g/mol. The molecule has 2 heterocycles. The first kappa shape index (κ1) is 17.3. The molecule has 0 amide bonds. The first-order valence-electron chi connectivity index (χ1n) is 7.08. The number of halogens is 4. The van der Waals surface area contributed by atoms with E-state index in [9.17, 15) is 13.2 Å². The number of hydrogen-bond donors (Lipinski definition) is 1. The van der Waals surface area contributed by atoms with Crippen LogP contribution < -0.4 is 5.32 Å². The van der Waals surface area contributed by atoms with Crippen molar-refractivity contribution in [2.24, 2.45) is 0 Å². The lowest BCUT2D eigenvalue weighted by Crippen LogP contribution is -2.09. The van der Waals surface area contributed by atoms with Gasteiger partial charge in [0.05, 0.1) is 11.6 Å². The SMILES string of the molecule is CC(Nc1ncc(-c2noc(C(F)(F)F)n2)cn1)c1cccc(Br)c1. The van der Waals surface area contributed by atoms with Gasteiger partial charge in [-0.3, -0.25) is 0 Å². The molecule has 25 heavy (non-hydrogen) atoms. The van der Waals surface area contributed by atoms with Crippen LogP contribution in [0.15, 0.2) is 45.7 Å². The molecule has 10 heteroatoms. The number of nitrogens with one attached hydrogen (secondary N) is 1. The van der Waals surface area contributed by atoms with Gasteiger partial charge < -0.3 is 9.84 Å². The lowest BCUT2D eigenvalue weighted by atomic mass is 10.1. The summed E-state index contributed by atoms with van der Waals surface area (Å²) in [6, 6.07) is 7.68. The normalized spacial score (nSPS) is 12.8. The van der Waals surface area contributed by atoms with E-state index in [2.05, 4.69) is 45.9 Å². The largest absolute Gasteiger partial charge is 0.471 e. The fourth-order valence-electron chi connectivity index (χ4n) is 2.03. The molecule has 2 aromatic heterocycles. The number of rotatable bonds is 4. The molecule has 0 aliphatic heterocycles. The van der Waals surface area contributed by atoms with Gasteiger partial charge in [0, 0.05) is 16.9 Å². The zero-order valence-corrected chi connectivity index (χ0v) is 14.3. The van der Waals surface area contributed by atoms with Crippen molar-refractivity contribution < 1.29 is 17.7 Å². The molecular weight excluding hydrogens is 403 g/mol. The molecule has 0 aliphatic rings. The number of alkyl halides is 3. The number of anilines is 1. The monoisotopic (exact) mass is 413 g/mol. The summed E-state index contributed by atoms with van der Waals surface area (Å²) >= 11 is 3.41. The fourth-order valence-corrected chi connectivity index (χ4v) is 2.44. The lowest BCUT2D eigenvalue weighted by Gasteiger charge is -2.14. The zero-order chi connectivity index (χ0) is 18.0. The van der Waals surface area contributed by atoms with Crippen molar-refractivity contribution in [2.75, 3.05) is 5.32 Å². The Bertz CT molecular complexity index is 866. The summed E-state index contributed by atoms with van der Waals surface area (Å²) in [5.74, 6) is -1.30. The minimum atomic E-state index is -4.69. The van der Waals surface area contributed by atoms with Crippen molar-refractivity contribution in [3.63, 3.8) is 0 Å². The minimum Gasteiger partial charge on any atom is -0.348 e. The van der Waals surface area contributed by atoms with Gasteiger partial charge in [-0.25, -0.2) is 9.97 Å². The lowest BCUT2D eigenvalue weighted by molar-refractivity contribution is -0.159. The van der Waals surface area contributed by atoms with Gasteiger partial charge in [-0.15, -0.1) is 0 Å². The molecule has 0 radical (unpaired) electrons. The van der Waals surface area contributed by atoms with Gasteiger partial charge in [0.25, 0.3) is 0 Å². The predicted octanol–water partition coefficient (Wildman–Crippen LogP) is 4.48. The van der Waals surface area contributed by atoms with Crippen molar-refractivity contribution in [3.8, 4) is 11.4 Å². The minimum absolute atomic E-state index is 0.0645. The summed E-state index contributed by atoms with van der Waals surface area (Å²) in [5.41, 5.74) is 1.25. The molecule has 1 unspecified atom stereocenters. The first-order chi connectivity index (χ1) is 11.8. The second kappa shape index (κ2) is 6.79. The maximum absolute atomic E-state index is 12.5. The highest BCUT2D eigenvalue weighted by Crippen LogP contribution is 2.29. The Morgan fingerprint density at radius 1 is 1.20 bits per heavy atom. The van der Waals surface area contributed by atoms with Crippen molar-refractivity contribution in [3.05, 3.63) is 52.6 Å². The molecule has 3 rings (SSSR count). The summed E-state index contributed by atoms with van der Waals surface area (Å²) < 4.78 is 42.6.